The number of carbonyl (C=O) groups is 5. The number of primary amides is 1. The Bertz CT molecular complexity index is 447. The van der Waals surface area contributed by atoms with E-state index in [0.717, 1.165) is 0 Å². The first-order chi connectivity index (χ1) is 10.8. The molecule has 0 spiro atoms. The van der Waals surface area contributed by atoms with Crippen molar-refractivity contribution in [2.45, 2.75) is 45.4 Å². The molecule has 23 heavy (non-hydrogen) atoms. The number of hydroxylamine groups is 2. The molecule has 1 aliphatic heterocycles. The molecule has 10 heteroatoms. The molecule has 0 aromatic carbocycles. The van der Waals surface area contributed by atoms with E-state index in [0.29, 0.717) is 24.5 Å². The second-order valence-corrected chi connectivity index (χ2v) is 4.40. The van der Waals surface area contributed by atoms with Gasteiger partial charge in [-0.3, -0.25) is 14.4 Å². The molecule has 3 amide bonds. The lowest BCUT2D eigenvalue weighted by Crippen LogP contribution is -2.31. The standard InChI is InChI=1S/C10H13NO6.C3H7NO2/c12-7-5-6-8(13)11(7)17-10(16)4-2-1-3-9(14)15;1-2-6-3(4)5/h1-6H2,(H,14,15);2H2,1H3,(H2,4,5). The first-order valence-electron chi connectivity index (χ1n) is 6.98. The van der Waals surface area contributed by atoms with Gasteiger partial charge in [0.2, 0.25) is 0 Å². The molecule has 130 valence electrons. The second-order valence-electron chi connectivity index (χ2n) is 4.40. The molecule has 10 nitrogen and oxygen atoms in total. The Morgan fingerprint density at radius 3 is 2.04 bits per heavy atom. The van der Waals surface area contributed by atoms with Crippen molar-refractivity contribution in [3.63, 3.8) is 0 Å². The first kappa shape index (κ1) is 20.3. The smallest absolute Gasteiger partial charge is 0.404 e. The lowest BCUT2D eigenvalue weighted by Gasteiger charge is -2.12. The number of nitrogens with zero attached hydrogens (tertiary/aromatic N) is 1. The molecule has 0 radical (unpaired) electrons. The van der Waals surface area contributed by atoms with E-state index in [4.69, 9.17) is 5.11 Å². The molecular weight excluding hydrogens is 312 g/mol. The number of amides is 3. The fourth-order valence-electron chi connectivity index (χ4n) is 1.49. The van der Waals surface area contributed by atoms with E-state index >= 15 is 0 Å². The third kappa shape index (κ3) is 9.82. The van der Waals surface area contributed by atoms with Crippen molar-refractivity contribution >= 4 is 29.8 Å². The summed E-state index contributed by atoms with van der Waals surface area (Å²) in [6.45, 7) is 2.06. The number of hydrogen-bond donors (Lipinski definition) is 2. The molecule has 1 saturated heterocycles. The molecule has 1 heterocycles. The Morgan fingerprint density at radius 1 is 1.13 bits per heavy atom. The van der Waals surface area contributed by atoms with E-state index in [1.165, 1.54) is 0 Å². The number of rotatable bonds is 7. The van der Waals surface area contributed by atoms with E-state index in [2.05, 4.69) is 15.3 Å². The van der Waals surface area contributed by atoms with Crippen LogP contribution in [0, 0.1) is 0 Å². The maximum absolute atomic E-state index is 11.2. The summed E-state index contributed by atoms with van der Waals surface area (Å²) in [4.78, 5) is 57.8. The molecule has 1 aliphatic rings. The topological polar surface area (TPSA) is 153 Å². The number of imide groups is 1. The highest BCUT2D eigenvalue weighted by molar-refractivity contribution is 6.01. The van der Waals surface area contributed by atoms with E-state index in [1.807, 2.05) is 0 Å². The fraction of sp³-hybridized carbons (Fsp3) is 0.615. The minimum Gasteiger partial charge on any atom is -0.481 e. The second kappa shape index (κ2) is 11.0. The monoisotopic (exact) mass is 332 g/mol. The van der Waals surface area contributed by atoms with Crippen LogP contribution in [-0.4, -0.2) is 46.6 Å². The summed E-state index contributed by atoms with van der Waals surface area (Å²) in [6.07, 6.45) is 0.0841. The summed E-state index contributed by atoms with van der Waals surface area (Å²) in [5.41, 5.74) is 4.54. The van der Waals surface area contributed by atoms with Crippen LogP contribution in [0.4, 0.5) is 4.79 Å². The normalized spacial score (nSPS) is 13.2. The molecule has 0 aliphatic carbocycles. The minimum absolute atomic E-state index is 0.00958. The highest BCUT2D eigenvalue weighted by Gasteiger charge is 2.32. The summed E-state index contributed by atoms with van der Waals surface area (Å²) < 4.78 is 4.18. The number of nitrogens with two attached hydrogens (primary N) is 1. The molecule has 1 rings (SSSR count). The Balaban J connectivity index is 0.000000688. The van der Waals surface area contributed by atoms with Crippen LogP contribution in [0.1, 0.15) is 45.4 Å². The quantitative estimate of drug-likeness (QED) is 0.499. The third-order valence-corrected chi connectivity index (χ3v) is 2.51. The summed E-state index contributed by atoms with van der Waals surface area (Å²) in [5, 5.41) is 8.85. The zero-order chi connectivity index (χ0) is 17.8. The lowest BCUT2D eigenvalue weighted by molar-refractivity contribution is -0.197. The average molecular weight is 332 g/mol. The van der Waals surface area contributed by atoms with E-state index in [9.17, 15) is 24.0 Å². The number of carbonyl (C=O) groups excluding carboxylic acids is 4. The Hall–Kier alpha value is -2.65. The molecule has 0 saturated carbocycles. The van der Waals surface area contributed by atoms with Crippen molar-refractivity contribution in [2.24, 2.45) is 5.73 Å². The number of hydrogen-bond acceptors (Lipinski definition) is 7. The van der Waals surface area contributed by atoms with E-state index in [1.54, 1.807) is 6.92 Å². The summed E-state index contributed by atoms with van der Waals surface area (Å²) >= 11 is 0. The van der Waals surface area contributed by atoms with Gasteiger partial charge in [-0.15, -0.1) is 5.06 Å². The van der Waals surface area contributed by atoms with Crippen LogP contribution < -0.4 is 5.73 Å². The summed E-state index contributed by atoms with van der Waals surface area (Å²) in [5.74, 6) is -2.66. The van der Waals surface area contributed by atoms with Crippen molar-refractivity contribution < 1.29 is 38.7 Å². The highest BCUT2D eigenvalue weighted by atomic mass is 16.7. The largest absolute Gasteiger partial charge is 0.481 e. The first-order valence-corrected chi connectivity index (χ1v) is 6.98. The van der Waals surface area contributed by atoms with Crippen LogP contribution >= 0.6 is 0 Å². The van der Waals surface area contributed by atoms with Gasteiger partial charge in [0.05, 0.1) is 6.61 Å². The summed E-state index contributed by atoms with van der Waals surface area (Å²) in [6, 6.07) is 0. The Morgan fingerprint density at radius 2 is 1.65 bits per heavy atom. The van der Waals surface area contributed by atoms with Gasteiger partial charge in [0.15, 0.2) is 0 Å². The van der Waals surface area contributed by atoms with Gasteiger partial charge in [-0.25, -0.2) is 9.59 Å². The van der Waals surface area contributed by atoms with E-state index in [-0.39, 0.29) is 25.7 Å². The third-order valence-electron chi connectivity index (χ3n) is 2.51. The van der Waals surface area contributed by atoms with Gasteiger partial charge >= 0.3 is 18.0 Å². The van der Waals surface area contributed by atoms with Crippen LogP contribution in [0.5, 0.6) is 0 Å². The summed E-state index contributed by atoms with van der Waals surface area (Å²) in [7, 11) is 0. The fourth-order valence-corrected chi connectivity index (χ4v) is 1.49. The average Bonchev–Trinajstić information content (AvgIpc) is 2.76. The molecular formula is C13H20N2O8. The Kier molecular flexibility index (Phi) is 9.72. The predicted molar refractivity (Wildman–Crippen MR) is 74.5 cm³/mol. The van der Waals surface area contributed by atoms with Gasteiger partial charge in [-0.05, 0) is 19.8 Å². The maximum atomic E-state index is 11.2. The van der Waals surface area contributed by atoms with E-state index < -0.39 is 29.8 Å². The molecule has 1 fully saturated rings. The molecule has 0 unspecified atom stereocenters. The number of aliphatic carboxylic acids is 1. The Labute approximate surface area is 132 Å². The van der Waals surface area contributed by atoms with Gasteiger partial charge in [0.1, 0.15) is 0 Å². The molecule has 0 aromatic heterocycles. The molecule has 0 aromatic rings. The van der Waals surface area contributed by atoms with Crippen LogP contribution in [0.15, 0.2) is 0 Å². The highest BCUT2D eigenvalue weighted by Crippen LogP contribution is 2.13. The van der Waals surface area contributed by atoms with Gasteiger partial charge in [-0.1, -0.05) is 0 Å². The van der Waals surface area contributed by atoms with Gasteiger partial charge in [-0.2, -0.15) is 0 Å². The van der Waals surface area contributed by atoms with Crippen molar-refractivity contribution in [1.29, 1.82) is 0 Å². The van der Waals surface area contributed by atoms with Gasteiger partial charge in [0, 0.05) is 25.7 Å². The van der Waals surface area contributed by atoms with Crippen LogP contribution in [0.2, 0.25) is 0 Å². The lowest BCUT2D eigenvalue weighted by atomic mass is 10.2. The molecule has 0 atom stereocenters. The van der Waals surface area contributed by atoms with Crippen LogP contribution in [0.3, 0.4) is 0 Å². The number of ether oxygens (including phenoxy) is 1. The number of unbranched alkanes of at least 4 members (excludes halogenated alkanes) is 1. The van der Waals surface area contributed by atoms with Crippen molar-refractivity contribution in [3.05, 3.63) is 0 Å². The van der Waals surface area contributed by atoms with Gasteiger partial charge in [0.25, 0.3) is 11.8 Å². The van der Waals surface area contributed by atoms with Crippen molar-refractivity contribution in [2.75, 3.05) is 6.61 Å². The predicted octanol–water partition coefficient (Wildman–Crippen LogP) is 0.340. The molecule has 3 N–H and O–H groups in total. The van der Waals surface area contributed by atoms with Crippen molar-refractivity contribution in [3.8, 4) is 0 Å². The molecule has 0 bridgehead atoms. The van der Waals surface area contributed by atoms with Crippen LogP contribution in [0.25, 0.3) is 0 Å². The zero-order valence-electron chi connectivity index (χ0n) is 12.8. The number of carboxylic acids is 1. The minimum atomic E-state index is -0.928. The SMILES string of the molecule is CCOC(N)=O.O=C(O)CCCCC(=O)ON1C(=O)CCC1=O. The van der Waals surface area contributed by atoms with Crippen LogP contribution in [-0.2, 0) is 28.8 Å². The zero-order valence-corrected chi connectivity index (χ0v) is 12.8. The van der Waals surface area contributed by atoms with Crippen molar-refractivity contribution in [1.82, 2.24) is 5.06 Å². The maximum Gasteiger partial charge on any atom is 0.404 e. The number of carboxylic acid groups (broad SMARTS) is 1. The van der Waals surface area contributed by atoms with Gasteiger partial charge < -0.3 is 20.4 Å².